The van der Waals surface area contributed by atoms with Gasteiger partial charge in [-0.3, -0.25) is 4.79 Å². The van der Waals surface area contributed by atoms with Crippen molar-refractivity contribution in [3.8, 4) is 0 Å². The topological polar surface area (TPSA) is 79.3 Å². The molecule has 1 aromatic heterocycles. The summed E-state index contributed by atoms with van der Waals surface area (Å²) in [7, 11) is 0. The van der Waals surface area contributed by atoms with Crippen LogP contribution in [0.3, 0.4) is 0 Å². The summed E-state index contributed by atoms with van der Waals surface area (Å²) in [6.07, 6.45) is 1.21. The van der Waals surface area contributed by atoms with Crippen molar-refractivity contribution in [2.45, 2.75) is 32.2 Å². The van der Waals surface area contributed by atoms with Crippen LogP contribution in [0.4, 0.5) is 0 Å². The van der Waals surface area contributed by atoms with Crippen LogP contribution in [0.25, 0.3) is 0 Å². The van der Waals surface area contributed by atoms with Gasteiger partial charge in [0.05, 0.1) is 6.54 Å². The number of thiazole rings is 1. The normalized spacial score (nSPS) is 11.9. The number of carboxylic acids is 1. The molecule has 0 fully saturated rings. The number of carbonyl (C=O) groups is 2. The van der Waals surface area contributed by atoms with E-state index in [1.54, 1.807) is 0 Å². The van der Waals surface area contributed by atoms with Gasteiger partial charge in [0.25, 0.3) is 0 Å². The van der Waals surface area contributed by atoms with E-state index in [1.165, 1.54) is 22.3 Å². The van der Waals surface area contributed by atoms with Crippen molar-refractivity contribution in [3.05, 3.63) is 52.0 Å². The van der Waals surface area contributed by atoms with Crippen molar-refractivity contribution >= 4 is 23.2 Å². The molecule has 2 N–H and O–H groups in total. The lowest BCUT2D eigenvalue weighted by atomic mass is 9.96. The first kappa shape index (κ1) is 16.2. The van der Waals surface area contributed by atoms with Crippen LogP contribution in [0.15, 0.2) is 35.7 Å². The molecule has 1 amide bonds. The Morgan fingerprint density at radius 3 is 2.68 bits per heavy atom. The quantitative estimate of drug-likeness (QED) is 0.822. The van der Waals surface area contributed by atoms with E-state index in [2.05, 4.69) is 29.4 Å². The zero-order valence-corrected chi connectivity index (χ0v) is 13.1. The summed E-state index contributed by atoms with van der Waals surface area (Å²) >= 11 is 1.23. The smallest absolute Gasteiger partial charge is 0.355 e. The first-order valence-electron chi connectivity index (χ1n) is 7.05. The van der Waals surface area contributed by atoms with Gasteiger partial charge in [-0.2, -0.15) is 0 Å². The molecular formula is C16H18N2O3S. The Bertz CT molecular complexity index is 640. The highest BCUT2D eigenvalue weighted by Crippen LogP contribution is 2.19. The monoisotopic (exact) mass is 318 g/mol. The van der Waals surface area contributed by atoms with Gasteiger partial charge >= 0.3 is 5.97 Å². The molecule has 1 aromatic carbocycles. The summed E-state index contributed by atoms with van der Waals surface area (Å²) in [5, 5.41) is 13.6. The lowest BCUT2D eigenvalue weighted by molar-refractivity contribution is -0.121. The molecule has 116 valence electrons. The third kappa shape index (κ3) is 4.66. The highest BCUT2D eigenvalue weighted by Gasteiger charge is 2.11. The Kier molecular flexibility index (Phi) is 5.66. The molecule has 0 radical (unpaired) electrons. The molecule has 0 bridgehead atoms. The summed E-state index contributed by atoms with van der Waals surface area (Å²) in [6, 6.07) is 10.1. The maximum atomic E-state index is 11.8. The van der Waals surface area contributed by atoms with Crippen molar-refractivity contribution in [3.63, 3.8) is 0 Å². The molecule has 0 aliphatic heterocycles. The van der Waals surface area contributed by atoms with E-state index in [4.69, 9.17) is 5.11 Å². The molecule has 1 unspecified atom stereocenters. The van der Waals surface area contributed by atoms with Crippen LogP contribution >= 0.6 is 11.3 Å². The number of nitrogens with zero attached hydrogens (tertiary/aromatic N) is 1. The zero-order chi connectivity index (χ0) is 15.9. The standard InChI is InChI=1S/C16H18N2O3S/c1-11(12-5-3-2-4-6-12)7-8-14(19)17-9-15-18-13(10-22-15)16(20)21/h2-6,10-11H,7-9H2,1H3,(H,17,19)(H,20,21). The molecule has 0 aliphatic carbocycles. The number of nitrogens with one attached hydrogen (secondary N) is 1. The van der Waals surface area contributed by atoms with Gasteiger partial charge in [0.2, 0.25) is 5.91 Å². The summed E-state index contributed by atoms with van der Waals surface area (Å²) in [5.41, 5.74) is 1.24. The SMILES string of the molecule is CC(CCC(=O)NCc1nc(C(=O)O)cs1)c1ccccc1. The first-order chi connectivity index (χ1) is 10.6. The Labute approximate surface area is 133 Å². The molecule has 6 heteroatoms. The third-order valence-corrected chi connectivity index (χ3v) is 4.23. The Morgan fingerprint density at radius 1 is 1.32 bits per heavy atom. The minimum atomic E-state index is -1.05. The summed E-state index contributed by atoms with van der Waals surface area (Å²) in [5.74, 6) is -0.772. The first-order valence-corrected chi connectivity index (χ1v) is 7.93. The van der Waals surface area contributed by atoms with E-state index in [0.717, 1.165) is 6.42 Å². The fourth-order valence-electron chi connectivity index (χ4n) is 2.05. The highest BCUT2D eigenvalue weighted by molar-refractivity contribution is 7.09. The van der Waals surface area contributed by atoms with Gasteiger partial charge in [0, 0.05) is 11.8 Å². The van der Waals surface area contributed by atoms with Crippen LogP contribution in [-0.2, 0) is 11.3 Å². The molecule has 0 saturated carbocycles. The number of benzene rings is 1. The Morgan fingerprint density at radius 2 is 2.05 bits per heavy atom. The maximum absolute atomic E-state index is 11.8. The lowest BCUT2D eigenvalue weighted by Gasteiger charge is -2.11. The summed E-state index contributed by atoms with van der Waals surface area (Å²) in [6.45, 7) is 2.37. The lowest BCUT2D eigenvalue weighted by Crippen LogP contribution is -2.22. The fraction of sp³-hybridized carbons (Fsp3) is 0.312. The predicted molar refractivity (Wildman–Crippen MR) is 85.0 cm³/mol. The number of carbonyl (C=O) groups excluding carboxylic acids is 1. The van der Waals surface area contributed by atoms with Crippen LogP contribution in [0.2, 0.25) is 0 Å². The Hall–Kier alpha value is -2.21. The molecule has 5 nitrogen and oxygen atoms in total. The molecule has 1 atom stereocenters. The average Bonchev–Trinajstić information content (AvgIpc) is 3.00. The van der Waals surface area contributed by atoms with Crippen molar-refractivity contribution in [2.75, 3.05) is 0 Å². The molecule has 1 heterocycles. The largest absolute Gasteiger partial charge is 0.476 e. The maximum Gasteiger partial charge on any atom is 0.355 e. The van der Waals surface area contributed by atoms with Crippen LogP contribution in [-0.4, -0.2) is 22.0 Å². The average molecular weight is 318 g/mol. The number of rotatable bonds is 7. The van der Waals surface area contributed by atoms with E-state index in [9.17, 15) is 9.59 Å². The van der Waals surface area contributed by atoms with Gasteiger partial charge < -0.3 is 10.4 Å². The van der Waals surface area contributed by atoms with E-state index in [-0.39, 0.29) is 18.1 Å². The van der Waals surface area contributed by atoms with E-state index < -0.39 is 5.97 Å². The second kappa shape index (κ2) is 7.70. The molecule has 0 spiro atoms. The second-order valence-electron chi connectivity index (χ2n) is 5.06. The molecule has 0 saturated heterocycles. The van der Waals surface area contributed by atoms with Crippen LogP contribution in [0.5, 0.6) is 0 Å². The summed E-state index contributed by atoms with van der Waals surface area (Å²) < 4.78 is 0. The van der Waals surface area contributed by atoms with Gasteiger partial charge in [-0.15, -0.1) is 11.3 Å². The molecule has 22 heavy (non-hydrogen) atoms. The van der Waals surface area contributed by atoms with Crippen LogP contribution in [0, 0.1) is 0 Å². The number of carboxylic acid groups (broad SMARTS) is 1. The minimum Gasteiger partial charge on any atom is -0.476 e. The number of hydrogen-bond donors (Lipinski definition) is 2. The molecule has 0 aliphatic rings. The molecular weight excluding hydrogens is 300 g/mol. The van der Waals surface area contributed by atoms with Gasteiger partial charge in [-0.1, -0.05) is 37.3 Å². The number of aromatic carboxylic acids is 1. The predicted octanol–water partition coefficient (Wildman–Crippen LogP) is 3.04. The fourth-order valence-corrected chi connectivity index (χ4v) is 2.76. The minimum absolute atomic E-state index is 0.0203. The van der Waals surface area contributed by atoms with E-state index in [0.29, 0.717) is 17.3 Å². The van der Waals surface area contributed by atoms with Crippen molar-refractivity contribution in [1.82, 2.24) is 10.3 Å². The summed E-state index contributed by atoms with van der Waals surface area (Å²) in [4.78, 5) is 26.5. The number of hydrogen-bond acceptors (Lipinski definition) is 4. The second-order valence-corrected chi connectivity index (χ2v) is 6.00. The van der Waals surface area contributed by atoms with Gasteiger partial charge in [-0.05, 0) is 17.9 Å². The molecule has 2 aromatic rings. The molecule has 2 rings (SSSR count). The van der Waals surface area contributed by atoms with Crippen LogP contribution in [0.1, 0.15) is 46.7 Å². The number of amides is 1. The van der Waals surface area contributed by atoms with E-state index in [1.807, 2.05) is 18.2 Å². The zero-order valence-electron chi connectivity index (χ0n) is 12.3. The highest BCUT2D eigenvalue weighted by atomic mass is 32.1. The van der Waals surface area contributed by atoms with Gasteiger partial charge in [0.15, 0.2) is 5.69 Å². The third-order valence-electron chi connectivity index (χ3n) is 3.38. The van der Waals surface area contributed by atoms with Crippen molar-refractivity contribution < 1.29 is 14.7 Å². The number of aromatic nitrogens is 1. The van der Waals surface area contributed by atoms with E-state index >= 15 is 0 Å². The van der Waals surface area contributed by atoms with Crippen molar-refractivity contribution in [1.29, 1.82) is 0 Å². The van der Waals surface area contributed by atoms with Gasteiger partial charge in [0.1, 0.15) is 5.01 Å². The van der Waals surface area contributed by atoms with Gasteiger partial charge in [-0.25, -0.2) is 9.78 Å². The Balaban J connectivity index is 1.75. The van der Waals surface area contributed by atoms with Crippen molar-refractivity contribution in [2.24, 2.45) is 0 Å². The van der Waals surface area contributed by atoms with Crippen LogP contribution < -0.4 is 5.32 Å².